The van der Waals surface area contributed by atoms with E-state index in [0.29, 0.717) is 0 Å². The van der Waals surface area contributed by atoms with Crippen LogP contribution in [0.25, 0.3) is 11.4 Å². The fraction of sp³-hybridized carbons (Fsp3) is 0.222. The molecule has 110 valence electrons. The first-order valence-electron chi connectivity index (χ1n) is 7.64. The molecular weight excluding hydrogens is 272 g/mol. The molecule has 1 aromatic carbocycles. The molecule has 0 amide bonds. The van der Waals surface area contributed by atoms with Gasteiger partial charge < -0.3 is 0 Å². The van der Waals surface area contributed by atoms with E-state index in [1.165, 1.54) is 16.8 Å². The maximum Gasteiger partial charge on any atom is 0.115 e. The molecule has 0 saturated carbocycles. The summed E-state index contributed by atoms with van der Waals surface area (Å²) in [5.74, 6) is 0. The lowest BCUT2D eigenvalue weighted by Crippen LogP contribution is -2.30. The number of nitrogens with zero attached hydrogens (tertiary/aromatic N) is 3. The summed E-state index contributed by atoms with van der Waals surface area (Å²) < 4.78 is 0. The molecule has 0 spiro atoms. The van der Waals surface area contributed by atoms with Gasteiger partial charge in [-0.3, -0.25) is 15.0 Å². The number of nitrogens with one attached hydrogen (secondary N) is 1. The Hall–Kier alpha value is -2.46. The van der Waals surface area contributed by atoms with Crippen LogP contribution < -0.4 is 0 Å². The number of H-pyrrole nitrogens is 1. The Morgan fingerprint density at radius 2 is 1.91 bits per heavy atom. The van der Waals surface area contributed by atoms with Crippen LogP contribution >= 0.6 is 0 Å². The topological polar surface area (TPSA) is 44.8 Å². The minimum Gasteiger partial charge on any atom is -0.294 e. The van der Waals surface area contributed by atoms with Gasteiger partial charge in [-0.2, -0.15) is 5.10 Å². The second-order valence-corrected chi connectivity index (χ2v) is 5.69. The smallest absolute Gasteiger partial charge is 0.115 e. The van der Waals surface area contributed by atoms with Gasteiger partial charge in [-0.05, 0) is 17.7 Å². The van der Waals surface area contributed by atoms with Gasteiger partial charge in [0, 0.05) is 43.5 Å². The van der Waals surface area contributed by atoms with Gasteiger partial charge in [-0.1, -0.05) is 36.4 Å². The lowest BCUT2D eigenvalue weighted by Gasteiger charge is -2.27. The standard InChI is InChI=1S/C18H18N4/c1-2-6-14(7-3-1)12-22-11-9-16-15(13-22)18(21-20-16)17-8-4-5-10-19-17/h1-8,10H,9,11-13H2,(H,20,21). The zero-order chi connectivity index (χ0) is 14.8. The minimum absolute atomic E-state index is 0.923. The highest BCUT2D eigenvalue weighted by Gasteiger charge is 2.23. The molecule has 0 saturated heterocycles. The Labute approximate surface area is 129 Å². The Balaban J connectivity index is 1.59. The van der Waals surface area contributed by atoms with Crippen molar-refractivity contribution >= 4 is 0 Å². The van der Waals surface area contributed by atoms with E-state index < -0.39 is 0 Å². The molecule has 0 fully saturated rings. The lowest BCUT2D eigenvalue weighted by molar-refractivity contribution is 0.245. The van der Waals surface area contributed by atoms with Crippen LogP contribution in [0.3, 0.4) is 0 Å². The zero-order valence-electron chi connectivity index (χ0n) is 12.4. The van der Waals surface area contributed by atoms with Crippen LogP contribution in [0.4, 0.5) is 0 Å². The van der Waals surface area contributed by atoms with E-state index in [0.717, 1.165) is 37.4 Å². The number of benzene rings is 1. The van der Waals surface area contributed by atoms with Crippen molar-refractivity contribution in [1.82, 2.24) is 20.1 Å². The van der Waals surface area contributed by atoms with Gasteiger partial charge in [0.2, 0.25) is 0 Å². The monoisotopic (exact) mass is 290 g/mol. The van der Waals surface area contributed by atoms with E-state index >= 15 is 0 Å². The van der Waals surface area contributed by atoms with E-state index in [-0.39, 0.29) is 0 Å². The highest BCUT2D eigenvalue weighted by Crippen LogP contribution is 2.27. The highest BCUT2D eigenvalue weighted by molar-refractivity contribution is 5.60. The molecule has 0 bridgehead atoms. The maximum absolute atomic E-state index is 4.50. The van der Waals surface area contributed by atoms with E-state index in [2.05, 4.69) is 50.4 Å². The summed E-state index contributed by atoms with van der Waals surface area (Å²) >= 11 is 0. The molecule has 4 nitrogen and oxygen atoms in total. The molecule has 0 unspecified atom stereocenters. The first-order chi connectivity index (χ1) is 10.9. The van der Waals surface area contributed by atoms with E-state index in [9.17, 15) is 0 Å². The molecule has 0 atom stereocenters. The molecule has 1 aliphatic rings. The average molecular weight is 290 g/mol. The van der Waals surface area contributed by atoms with Crippen LogP contribution in [0.1, 0.15) is 16.8 Å². The number of aromatic amines is 1. The molecule has 4 rings (SSSR count). The Morgan fingerprint density at radius 1 is 1.05 bits per heavy atom. The molecule has 0 aliphatic carbocycles. The number of rotatable bonds is 3. The second kappa shape index (κ2) is 5.73. The number of hydrogen-bond donors (Lipinski definition) is 1. The van der Waals surface area contributed by atoms with E-state index in [1.54, 1.807) is 0 Å². The number of fused-ring (bicyclic) bond motifs is 1. The third-order valence-corrected chi connectivity index (χ3v) is 4.17. The summed E-state index contributed by atoms with van der Waals surface area (Å²) in [7, 11) is 0. The fourth-order valence-electron chi connectivity index (χ4n) is 3.04. The van der Waals surface area contributed by atoms with Crippen molar-refractivity contribution in [2.45, 2.75) is 19.5 Å². The molecule has 1 N–H and O–H groups in total. The summed E-state index contributed by atoms with van der Waals surface area (Å²) in [6.07, 6.45) is 2.84. The van der Waals surface area contributed by atoms with Gasteiger partial charge in [0.05, 0.1) is 5.69 Å². The summed E-state index contributed by atoms with van der Waals surface area (Å²) in [5.41, 5.74) is 5.84. The predicted octanol–water partition coefficient (Wildman–Crippen LogP) is 3.03. The molecule has 1 aliphatic heterocycles. The minimum atomic E-state index is 0.923. The normalized spacial score (nSPS) is 14.7. The van der Waals surface area contributed by atoms with Crippen LogP contribution in [0.15, 0.2) is 54.7 Å². The summed E-state index contributed by atoms with van der Waals surface area (Å²) in [4.78, 5) is 6.91. The average Bonchev–Trinajstić information content (AvgIpc) is 3.00. The first-order valence-corrected chi connectivity index (χ1v) is 7.64. The molecular formula is C18H18N4. The molecule has 3 heterocycles. The molecule has 2 aromatic heterocycles. The van der Waals surface area contributed by atoms with Gasteiger partial charge in [-0.15, -0.1) is 0 Å². The van der Waals surface area contributed by atoms with Crippen molar-refractivity contribution in [2.75, 3.05) is 6.54 Å². The third kappa shape index (κ3) is 2.53. The summed E-state index contributed by atoms with van der Waals surface area (Å²) in [6.45, 7) is 2.96. The quantitative estimate of drug-likeness (QED) is 0.806. The van der Waals surface area contributed by atoms with Gasteiger partial charge in [0.15, 0.2) is 0 Å². The van der Waals surface area contributed by atoms with Crippen LogP contribution in [0.2, 0.25) is 0 Å². The maximum atomic E-state index is 4.50. The first kappa shape index (κ1) is 13.2. The van der Waals surface area contributed by atoms with Crippen molar-refractivity contribution in [1.29, 1.82) is 0 Å². The fourth-order valence-corrected chi connectivity index (χ4v) is 3.04. The van der Waals surface area contributed by atoms with Crippen molar-refractivity contribution in [3.63, 3.8) is 0 Å². The van der Waals surface area contributed by atoms with Gasteiger partial charge in [-0.25, -0.2) is 0 Å². The van der Waals surface area contributed by atoms with Crippen LogP contribution in [0.5, 0.6) is 0 Å². The molecule has 4 heteroatoms. The van der Waals surface area contributed by atoms with Gasteiger partial charge in [0.1, 0.15) is 5.69 Å². The van der Waals surface area contributed by atoms with Gasteiger partial charge in [0.25, 0.3) is 0 Å². The second-order valence-electron chi connectivity index (χ2n) is 5.69. The van der Waals surface area contributed by atoms with E-state index in [4.69, 9.17) is 0 Å². The highest BCUT2D eigenvalue weighted by atomic mass is 15.2. The molecule has 0 radical (unpaired) electrons. The zero-order valence-corrected chi connectivity index (χ0v) is 12.4. The third-order valence-electron chi connectivity index (χ3n) is 4.17. The van der Waals surface area contributed by atoms with Crippen LogP contribution in [-0.2, 0) is 19.5 Å². The molecule has 22 heavy (non-hydrogen) atoms. The number of aromatic nitrogens is 3. The summed E-state index contributed by atoms with van der Waals surface area (Å²) in [5, 5.41) is 7.69. The largest absolute Gasteiger partial charge is 0.294 e. The SMILES string of the molecule is c1ccc(CN2CCc3[nH]nc(-c4ccccn4)c3C2)cc1. The Bertz CT molecular complexity index is 749. The number of pyridine rings is 1. The number of hydrogen-bond acceptors (Lipinski definition) is 3. The lowest BCUT2D eigenvalue weighted by atomic mass is 10.0. The van der Waals surface area contributed by atoms with Gasteiger partial charge >= 0.3 is 0 Å². The van der Waals surface area contributed by atoms with Crippen molar-refractivity contribution in [3.05, 3.63) is 71.5 Å². The van der Waals surface area contributed by atoms with E-state index in [1.807, 2.05) is 24.4 Å². The summed E-state index contributed by atoms with van der Waals surface area (Å²) in [6, 6.07) is 16.6. The van der Waals surface area contributed by atoms with Crippen molar-refractivity contribution < 1.29 is 0 Å². The molecule has 3 aromatic rings. The van der Waals surface area contributed by atoms with Crippen molar-refractivity contribution in [3.8, 4) is 11.4 Å². The van der Waals surface area contributed by atoms with Crippen LogP contribution in [-0.4, -0.2) is 26.6 Å². The van der Waals surface area contributed by atoms with Crippen LogP contribution in [0, 0.1) is 0 Å². The Kier molecular flexibility index (Phi) is 3.45. The Morgan fingerprint density at radius 3 is 2.73 bits per heavy atom. The van der Waals surface area contributed by atoms with Crippen molar-refractivity contribution in [2.24, 2.45) is 0 Å². The predicted molar refractivity (Wildman–Crippen MR) is 86.1 cm³/mol.